The lowest BCUT2D eigenvalue weighted by atomic mass is 10.2. The summed E-state index contributed by atoms with van der Waals surface area (Å²) in [6.07, 6.45) is 1.99. The molecular weight excluding hydrogens is 258 g/mol. The highest BCUT2D eigenvalue weighted by Gasteiger charge is 2.19. The molecule has 0 bridgehead atoms. The molecule has 2 heterocycles. The van der Waals surface area contributed by atoms with E-state index in [9.17, 15) is 0 Å². The van der Waals surface area contributed by atoms with E-state index in [0.29, 0.717) is 12.5 Å². The third-order valence-corrected chi connectivity index (χ3v) is 4.16. The minimum absolute atomic E-state index is 0.133. The molecule has 104 valence electrons. The van der Waals surface area contributed by atoms with Crippen LogP contribution in [0, 0.1) is 11.8 Å². The number of hydrogen-bond donors (Lipinski definition) is 1. The van der Waals surface area contributed by atoms with Crippen molar-refractivity contribution in [2.75, 3.05) is 26.3 Å². The van der Waals surface area contributed by atoms with E-state index in [0.717, 1.165) is 38.2 Å². The first kappa shape index (κ1) is 14.5. The number of aliphatic hydroxyl groups excluding tert-OH is 1. The Bertz CT molecular complexity index is 446. The Balaban J connectivity index is 1.96. The van der Waals surface area contributed by atoms with Crippen molar-refractivity contribution in [1.29, 1.82) is 0 Å². The predicted molar refractivity (Wildman–Crippen MR) is 78.2 cm³/mol. The van der Waals surface area contributed by atoms with E-state index in [2.05, 4.69) is 35.1 Å². The molecule has 1 unspecified atom stereocenters. The Kier molecular flexibility index (Phi) is 5.87. The van der Waals surface area contributed by atoms with Crippen LogP contribution in [0.4, 0.5) is 0 Å². The monoisotopic (exact) mass is 279 g/mol. The molecular formula is C15H21NO2S. The van der Waals surface area contributed by atoms with Crippen molar-refractivity contribution in [2.45, 2.75) is 32.4 Å². The molecule has 1 atom stereocenters. The molecule has 1 aromatic heterocycles. The first-order chi connectivity index (χ1) is 9.33. The lowest BCUT2D eigenvalue weighted by Crippen LogP contribution is -2.41. The van der Waals surface area contributed by atoms with Crippen LogP contribution in [0.5, 0.6) is 0 Å². The quantitative estimate of drug-likeness (QED) is 0.857. The average Bonchev–Trinajstić information content (AvgIpc) is 2.87. The molecule has 0 aliphatic carbocycles. The molecule has 1 saturated heterocycles. The molecule has 2 rings (SSSR count). The molecule has 4 heteroatoms. The number of hydrogen-bond acceptors (Lipinski definition) is 4. The zero-order chi connectivity index (χ0) is 13.5. The smallest absolute Gasteiger partial charge is 0.0700 e. The summed E-state index contributed by atoms with van der Waals surface area (Å²) in [7, 11) is 0. The maximum Gasteiger partial charge on any atom is 0.0700 e. The van der Waals surface area contributed by atoms with Gasteiger partial charge in [-0.25, -0.2) is 0 Å². The van der Waals surface area contributed by atoms with Crippen LogP contribution in [0.2, 0.25) is 0 Å². The number of morpholine rings is 1. The van der Waals surface area contributed by atoms with Crippen LogP contribution in [-0.2, 0) is 11.3 Å². The summed E-state index contributed by atoms with van der Waals surface area (Å²) in [4.78, 5) is 3.77. The summed E-state index contributed by atoms with van der Waals surface area (Å²) in [5.41, 5.74) is 1.11. The molecule has 0 aromatic carbocycles. The van der Waals surface area contributed by atoms with Gasteiger partial charge in [0.15, 0.2) is 0 Å². The first-order valence-corrected chi connectivity index (χ1v) is 7.71. The van der Waals surface area contributed by atoms with E-state index in [4.69, 9.17) is 9.84 Å². The third kappa shape index (κ3) is 4.32. The SMILES string of the molecule is CCC1CN(Cc2sccc2C#CCCO)CCO1. The van der Waals surface area contributed by atoms with Crippen LogP contribution in [0.15, 0.2) is 11.4 Å². The van der Waals surface area contributed by atoms with E-state index in [1.165, 1.54) is 4.88 Å². The molecule has 1 N–H and O–H groups in total. The van der Waals surface area contributed by atoms with Gasteiger partial charge in [-0.05, 0) is 17.9 Å². The minimum Gasteiger partial charge on any atom is -0.395 e. The van der Waals surface area contributed by atoms with Gasteiger partial charge in [-0.15, -0.1) is 11.3 Å². The highest BCUT2D eigenvalue weighted by molar-refractivity contribution is 7.10. The van der Waals surface area contributed by atoms with Crippen molar-refractivity contribution in [1.82, 2.24) is 4.90 Å². The van der Waals surface area contributed by atoms with Crippen molar-refractivity contribution in [2.24, 2.45) is 0 Å². The molecule has 1 fully saturated rings. The molecule has 1 aromatic rings. The Morgan fingerprint density at radius 1 is 1.58 bits per heavy atom. The summed E-state index contributed by atoms with van der Waals surface area (Å²) in [6, 6.07) is 2.07. The largest absolute Gasteiger partial charge is 0.395 e. The van der Waals surface area contributed by atoms with Crippen molar-refractivity contribution >= 4 is 11.3 Å². The van der Waals surface area contributed by atoms with E-state index >= 15 is 0 Å². The van der Waals surface area contributed by atoms with E-state index in [-0.39, 0.29) is 6.61 Å². The zero-order valence-electron chi connectivity index (χ0n) is 11.4. The minimum atomic E-state index is 0.133. The van der Waals surface area contributed by atoms with Gasteiger partial charge in [-0.3, -0.25) is 4.90 Å². The summed E-state index contributed by atoms with van der Waals surface area (Å²) in [6.45, 7) is 6.10. The molecule has 0 amide bonds. The highest BCUT2D eigenvalue weighted by atomic mass is 32.1. The summed E-state index contributed by atoms with van der Waals surface area (Å²) >= 11 is 1.76. The maximum atomic E-state index is 8.76. The number of ether oxygens (including phenoxy) is 1. The predicted octanol–water partition coefficient (Wildman–Crippen LogP) is 2.09. The van der Waals surface area contributed by atoms with Gasteiger partial charge in [0.1, 0.15) is 0 Å². The van der Waals surface area contributed by atoms with Crippen molar-refractivity contribution in [3.63, 3.8) is 0 Å². The Morgan fingerprint density at radius 3 is 3.26 bits per heavy atom. The van der Waals surface area contributed by atoms with E-state index in [1.54, 1.807) is 11.3 Å². The maximum absolute atomic E-state index is 8.76. The van der Waals surface area contributed by atoms with Crippen LogP contribution in [0.3, 0.4) is 0 Å². The van der Waals surface area contributed by atoms with Crippen LogP contribution >= 0.6 is 11.3 Å². The second-order valence-corrected chi connectivity index (χ2v) is 5.67. The molecule has 1 aliphatic rings. The van der Waals surface area contributed by atoms with E-state index in [1.807, 2.05) is 0 Å². The molecule has 3 nitrogen and oxygen atoms in total. The van der Waals surface area contributed by atoms with Gasteiger partial charge < -0.3 is 9.84 Å². The number of thiophene rings is 1. The zero-order valence-corrected chi connectivity index (χ0v) is 12.2. The normalized spacial score (nSPS) is 20.0. The van der Waals surface area contributed by atoms with Gasteiger partial charge in [0.05, 0.1) is 19.3 Å². The summed E-state index contributed by atoms with van der Waals surface area (Å²) < 4.78 is 5.69. The second kappa shape index (κ2) is 7.66. The van der Waals surface area contributed by atoms with Gasteiger partial charge in [0.25, 0.3) is 0 Å². The lowest BCUT2D eigenvalue weighted by Gasteiger charge is -2.32. The standard InChI is InChI=1S/C15H21NO2S/c1-2-14-11-16(7-9-18-14)12-15-13(6-10-19-15)5-3-4-8-17/h6,10,14,17H,2,4,7-9,11-12H2,1H3. The van der Waals surface area contributed by atoms with Crippen LogP contribution in [0.1, 0.15) is 30.2 Å². The molecule has 19 heavy (non-hydrogen) atoms. The van der Waals surface area contributed by atoms with Gasteiger partial charge in [0, 0.05) is 36.5 Å². The Labute approximate surface area is 119 Å². The lowest BCUT2D eigenvalue weighted by molar-refractivity contribution is -0.0321. The fourth-order valence-electron chi connectivity index (χ4n) is 2.16. The van der Waals surface area contributed by atoms with Crippen molar-refractivity contribution < 1.29 is 9.84 Å². The fourth-order valence-corrected chi connectivity index (χ4v) is 3.03. The van der Waals surface area contributed by atoms with Crippen LogP contribution in [0.25, 0.3) is 0 Å². The summed E-state index contributed by atoms with van der Waals surface area (Å²) in [5, 5.41) is 10.9. The Morgan fingerprint density at radius 2 is 2.47 bits per heavy atom. The van der Waals surface area contributed by atoms with Gasteiger partial charge in [-0.2, -0.15) is 0 Å². The van der Waals surface area contributed by atoms with Crippen LogP contribution < -0.4 is 0 Å². The van der Waals surface area contributed by atoms with Crippen molar-refractivity contribution in [3.8, 4) is 11.8 Å². The number of aliphatic hydroxyl groups is 1. The van der Waals surface area contributed by atoms with Gasteiger partial charge in [0.2, 0.25) is 0 Å². The van der Waals surface area contributed by atoms with E-state index < -0.39 is 0 Å². The third-order valence-electron chi connectivity index (χ3n) is 3.25. The summed E-state index contributed by atoms with van der Waals surface area (Å²) in [5.74, 6) is 6.15. The van der Waals surface area contributed by atoms with Gasteiger partial charge in [-0.1, -0.05) is 18.8 Å². The first-order valence-electron chi connectivity index (χ1n) is 6.83. The molecule has 0 saturated carbocycles. The van der Waals surface area contributed by atoms with Crippen LogP contribution in [-0.4, -0.2) is 42.4 Å². The van der Waals surface area contributed by atoms with Gasteiger partial charge >= 0.3 is 0 Å². The average molecular weight is 279 g/mol. The van der Waals surface area contributed by atoms with Crippen molar-refractivity contribution in [3.05, 3.63) is 21.9 Å². The Hall–Kier alpha value is -0.860. The second-order valence-electron chi connectivity index (χ2n) is 4.67. The number of rotatable bonds is 4. The highest BCUT2D eigenvalue weighted by Crippen LogP contribution is 2.20. The molecule has 1 aliphatic heterocycles. The topological polar surface area (TPSA) is 32.7 Å². The molecule has 0 spiro atoms. The number of nitrogens with zero attached hydrogens (tertiary/aromatic N) is 1. The molecule has 0 radical (unpaired) electrons. The fraction of sp³-hybridized carbons (Fsp3) is 0.600.